The van der Waals surface area contributed by atoms with Crippen LogP contribution in [0.15, 0.2) is 78.4 Å². The minimum absolute atomic E-state index is 0.0947. The number of anilines is 1. The zero-order valence-corrected chi connectivity index (χ0v) is 19.8. The van der Waals surface area contributed by atoms with Gasteiger partial charge in [0.25, 0.3) is 11.7 Å². The molecule has 7 nitrogen and oxygen atoms in total. The molecule has 1 aliphatic heterocycles. The van der Waals surface area contributed by atoms with Crippen molar-refractivity contribution in [3.63, 3.8) is 0 Å². The Morgan fingerprint density at radius 1 is 0.971 bits per heavy atom. The number of Topliss-reactive ketones (excluding diaryl/α,β-unsaturated/α-hetero) is 1. The molecular formula is C27H22ClNO6. The van der Waals surface area contributed by atoms with Gasteiger partial charge in [0.1, 0.15) is 11.5 Å². The van der Waals surface area contributed by atoms with Gasteiger partial charge in [-0.15, -0.1) is 0 Å². The third-order valence-electron chi connectivity index (χ3n) is 5.66. The lowest BCUT2D eigenvalue weighted by molar-refractivity contribution is -0.132. The molecule has 8 heteroatoms. The normalized spacial score (nSPS) is 16.9. The molecule has 0 spiro atoms. The van der Waals surface area contributed by atoms with E-state index in [1.54, 1.807) is 67.6 Å². The Bertz CT molecular complexity index is 1310. The number of methoxy groups -OCH3 is 1. The van der Waals surface area contributed by atoms with Crippen molar-refractivity contribution in [1.29, 1.82) is 0 Å². The number of rotatable bonds is 6. The fourth-order valence-electron chi connectivity index (χ4n) is 3.97. The zero-order chi connectivity index (χ0) is 25.1. The minimum Gasteiger partial charge on any atom is -0.507 e. The summed E-state index contributed by atoms with van der Waals surface area (Å²) in [7, 11) is 1.52. The molecule has 0 bridgehead atoms. The highest BCUT2D eigenvalue weighted by Gasteiger charge is 2.47. The number of nitrogens with zero attached hydrogens (tertiary/aromatic N) is 1. The van der Waals surface area contributed by atoms with Gasteiger partial charge in [-0.05, 0) is 67.1 Å². The van der Waals surface area contributed by atoms with E-state index in [-0.39, 0.29) is 17.9 Å². The Hall–Kier alpha value is -4.10. The van der Waals surface area contributed by atoms with Crippen molar-refractivity contribution in [2.75, 3.05) is 18.6 Å². The van der Waals surface area contributed by atoms with Gasteiger partial charge in [-0.3, -0.25) is 14.5 Å². The summed E-state index contributed by atoms with van der Waals surface area (Å²) in [6, 6.07) is 18.4. The van der Waals surface area contributed by atoms with E-state index in [9.17, 15) is 19.5 Å². The summed E-state index contributed by atoms with van der Waals surface area (Å²) in [6.45, 7) is 1.94. The van der Waals surface area contributed by atoms with Gasteiger partial charge >= 0.3 is 5.97 Å². The molecular weight excluding hydrogens is 470 g/mol. The van der Waals surface area contributed by atoms with E-state index in [0.717, 1.165) is 0 Å². The number of hydrogen-bond donors (Lipinski definition) is 1. The summed E-state index contributed by atoms with van der Waals surface area (Å²) < 4.78 is 10.2. The number of aliphatic hydroxyl groups excluding tert-OH is 1. The summed E-state index contributed by atoms with van der Waals surface area (Å²) in [5, 5.41) is 11.5. The number of esters is 1. The van der Waals surface area contributed by atoms with Crippen LogP contribution in [0.2, 0.25) is 5.02 Å². The van der Waals surface area contributed by atoms with E-state index in [2.05, 4.69) is 0 Å². The van der Waals surface area contributed by atoms with Crippen LogP contribution in [0.25, 0.3) is 5.76 Å². The van der Waals surface area contributed by atoms with Gasteiger partial charge in [0.15, 0.2) is 0 Å². The number of aliphatic hydroxyl groups is 1. The molecule has 0 aromatic heterocycles. The molecule has 1 unspecified atom stereocenters. The largest absolute Gasteiger partial charge is 0.507 e. The van der Waals surface area contributed by atoms with Gasteiger partial charge in [0.05, 0.1) is 30.9 Å². The van der Waals surface area contributed by atoms with E-state index in [0.29, 0.717) is 33.1 Å². The van der Waals surface area contributed by atoms with Crippen LogP contribution < -0.4 is 9.64 Å². The summed E-state index contributed by atoms with van der Waals surface area (Å²) >= 11 is 6.48. The number of benzene rings is 3. The van der Waals surface area contributed by atoms with Gasteiger partial charge in [-0.25, -0.2) is 4.79 Å². The van der Waals surface area contributed by atoms with Crippen molar-refractivity contribution >= 4 is 40.7 Å². The minimum atomic E-state index is -0.987. The Kier molecular flexibility index (Phi) is 6.89. The molecule has 3 aromatic carbocycles. The molecule has 0 saturated carbocycles. The molecule has 178 valence electrons. The van der Waals surface area contributed by atoms with Gasteiger partial charge in [0, 0.05) is 16.3 Å². The van der Waals surface area contributed by atoms with Crippen molar-refractivity contribution in [3.8, 4) is 5.75 Å². The monoisotopic (exact) mass is 491 g/mol. The highest BCUT2D eigenvalue weighted by atomic mass is 35.5. The fourth-order valence-corrected chi connectivity index (χ4v) is 4.21. The van der Waals surface area contributed by atoms with E-state index >= 15 is 0 Å². The lowest BCUT2D eigenvalue weighted by Crippen LogP contribution is -2.29. The van der Waals surface area contributed by atoms with E-state index in [1.807, 2.05) is 0 Å². The van der Waals surface area contributed by atoms with Gasteiger partial charge < -0.3 is 14.6 Å². The molecule has 1 saturated heterocycles. The topological polar surface area (TPSA) is 93.1 Å². The van der Waals surface area contributed by atoms with Gasteiger partial charge in [-0.1, -0.05) is 29.8 Å². The van der Waals surface area contributed by atoms with E-state index < -0.39 is 23.7 Å². The van der Waals surface area contributed by atoms with Crippen LogP contribution in [0.4, 0.5) is 5.69 Å². The average molecular weight is 492 g/mol. The second-order valence-corrected chi connectivity index (χ2v) is 8.09. The van der Waals surface area contributed by atoms with Crippen LogP contribution in [-0.4, -0.2) is 36.5 Å². The fraction of sp³-hybridized carbons (Fsp3) is 0.148. The molecule has 1 fully saturated rings. The Morgan fingerprint density at radius 2 is 1.60 bits per heavy atom. The first-order valence-corrected chi connectivity index (χ1v) is 11.2. The van der Waals surface area contributed by atoms with Gasteiger partial charge in [0.2, 0.25) is 0 Å². The van der Waals surface area contributed by atoms with Crippen molar-refractivity contribution in [1.82, 2.24) is 0 Å². The van der Waals surface area contributed by atoms with Crippen LogP contribution in [0.1, 0.15) is 34.5 Å². The standard InChI is InChI=1S/C27H22ClNO6/c1-3-35-27(33)17-8-12-18(13-9-17)29-23(20-6-4-5-7-21(20)28)22(25(31)26(29)32)24(30)16-10-14-19(34-2)15-11-16/h4-15,23,30H,3H2,1-2H3/b24-22-. The number of carbonyl (C=O) groups excluding carboxylic acids is 3. The Balaban J connectivity index is 1.86. The van der Waals surface area contributed by atoms with Crippen LogP contribution in [0, 0.1) is 0 Å². The number of ether oxygens (including phenoxy) is 2. The highest BCUT2D eigenvalue weighted by molar-refractivity contribution is 6.52. The lowest BCUT2D eigenvalue weighted by Gasteiger charge is -2.26. The predicted molar refractivity (Wildman–Crippen MR) is 132 cm³/mol. The van der Waals surface area contributed by atoms with Crippen molar-refractivity contribution < 1.29 is 29.0 Å². The highest BCUT2D eigenvalue weighted by Crippen LogP contribution is 2.44. The molecule has 1 heterocycles. The van der Waals surface area contributed by atoms with E-state index in [4.69, 9.17) is 21.1 Å². The molecule has 35 heavy (non-hydrogen) atoms. The second kappa shape index (κ2) is 10.0. The molecule has 0 radical (unpaired) electrons. The third-order valence-corrected chi connectivity index (χ3v) is 6.01. The number of amides is 1. The molecule has 1 aliphatic rings. The summed E-state index contributed by atoms with van der Waals surface area (Å²) in [5.74, 6) is -1.93. The third kappa shape index (κ3) is 4.50. The summed E-state index contributed by atoms with van der Waals surface area (Å²) in [4.78, 5) is 39.8. The first-order chi connectivity index (χ1) is 16.9. The number of halogens is 1. The van der Waals surface area contributed by atoms with Crippen molar-refractivity contribution in [2.45, 2.75) is 13.0 Å². The van der Waals surface area contributed by atoms with E-state index in [1.165, 1.54) is 24.1 Å². The summed E-state index contributed by atoms with van der Waals surface area (Å²) in [5.41, 5.74) is 1.39. The maximum absolute atomic E-state index is 13.2. The molecule has 1 atom stereocenters. The van der Waals surface area contributed by atoms with Crippen LogP contribution in [0.5, 0.6) is 5.75 Å². The van der Waals surface area contributed by atoms with Gasteiger partial charge in [-0.2, -0.15) is 0 Å². The maximum Gasteiger partial charge on any atom is 0.338 e. The first-order valence-electron chi connectivity index (χ1n) is 10.8. The molecule has 4 rings (SSSR count). The average Bonchev–Trinajstić information content (AvgIpc) is 3.14. The molecule has 0 aliphatic carbocycles. The predicted octanol–water partition coefficient (Wildman–Crippen LogP) is 5.15. The summed E-state index contributed by atoms with van der Waals surface area (Å²) in [6.07, 6.45) is 0. The Morgan fingerprint density at radius 3 is 2.20 bits per heavy atom. The molecule has 1 N–H and O–H groups in total. The van der Waals surface area contributed by atoms with Crippen molar-refractivity contribution in [2.24, 2.45) is 0 Å². The van der Waals surface area contributed by atoms with Crippen molar-refractivity contribution in [3.05, 3.63) is 100 Å². The Labute approximate surface area is 207 Å². The van der Waals surface area contributed by atoms with Crippen LogP contribution in [0.3, 0.4) is 0 Å². The number of hydrogen-bond acceptors (Lipinski definition) is 6. The number of ketones is 1. The molecule has 1 amide bonds. The van der Waals surface area contributed by atoms with Crippen LogP contribution >= 0.6 is 11.6 Å². The lowest BCUT2D eigenvalue weighted by atomic mass is 9.95. The zero-order valence-electron chi connectivity index (χ0n) is 19.0. The number of carbonyl (C=O) groups is 3. The second-order valence-electron chi connectivity index (χ2n) is 7.69. The van der Waals surface area contributed by atoms with Crippen LogP contribution in [-0.2, 0) is 14.3 Å². The smallest absolute Gasteiger partial charge is 0.338 e. The molecule has 3 aromatic rings. The maximum atomic E-state index is 13.2. The quantitative estimate of drug-likeness (QED) is 0.222. The first kappa shape index (κ1) is 24.0. The SMILES string of the molecule is CCOC(=O)c1ccc(N2C(=O)C(=O)/C(=C(\O)c3ccc(OC)cc3)C2c2ccccc2Cl)cc1.